The number of hydrogen-bond donors (Lipinski definition) is 0. The Hall–Kier alpha value is -7.37. The van der Waals surface area contributed by atoms with E-state index in [-0.39, 0.29) is 5.41 Å². The SMILES string of the molecule is CC1(C)c2ccccc2-c2c1ccc1c2oc2c(-c3ccc(N(c4ccc(C5=C6Sc7ccccc7C6CC=C5)cc4)c4ccc(-c5cccc6c5sc5ccccc56)cc4)cc3)cccc21. The van der Waals surface area contributed by atoms with Gasteiger partial charge in [0.15, 0.2) is 0 Å². The molecule has 0 saturated heterocycles. The van der Waals surface area contributed by atoms with Gasteiger partial charge in [0, 0.05) is 80.3 Å². The number of thioether (sulfide) groups is 1. The maximum atomic E-state index is 7.02. The zero-order chi connectivity index (χ0) is 44.4. The fourth-order valence-electron chi connectivity index (χ4n) is 11.4. The van der Waals surface area contributed by atoms with Gasteiger partial charge in [-0.25, -0.2) is 0 Å². The number of para-hydroxylation sites is 1. The molecule has 0 saturated carbocycles. The van der Waals surface area contributed by atoms with E-state index in [4.69, 9.17) is 4.42 Å². The molecule has 2 nitrogen and oxygen atoms in total. The summed E-state index contributed by atoms with van der Waals surface area (Å²) in [6.07, 6.45) is 5.74. The van der Waals surface area contributed by atoms with Crippen LogP contribution in [0.4, 0.5) is 17.1 Å². The molecule has 14 rings (SSSR count). The van der Waals surface area contributed by atoms with Crippen LogP contribution in [0.5, 0.6) is 0 Å². The molecule has 67 heavy (non-hydrogen) atoms. The first-order valence-corrected chi connectivity index (χ1v) is 24.9. The molecule has 2 aliphatic carbocycles. The van der Waals surface area contributed by atoms with E-state index in [1.807, 2.05) is 23.1 Å². The number of fused-ring (bicyclic) bond motifs is 13. The van der Waals surface area contributed by atoms with Crippen LogP contribution in [-0.4, -0.2) is 0 Å². The Morgan fingerprint density at radius 3 is 1.91 bits per heavy atom. The predicted molar refractivity (Wildman–Crippen MR) is 285 cm³/mol. The minimum absolute atomic E-state index is 0.0904. The molecule has 1 aliphatic heterocycles. The maximum Gasteiger partial charge on any atom is 0.143 e. The van der Waals surface area contributed by atoms with Crippen LogP contribution >= 0.6 is 23.1 Å². The average molecular weight is 894 g/mol. The zero-order valence-corrected chi connectivity index (χ0v) is 38.7. The fourth-order valence-corrected chi connectivity index (χ4v) is 14.0. The van der Waals surface area contributed by atoms with Gasteiger partial charge in [0.1, 0.15) is 11.2 Å². The number of hydrogen-bond acceptors (Lipinski definition) is 4. The van der Waals surface area contributed by atoms with Crippen LogP contribution in [0.1, 0.15) is 48.4 Å². The van der Waals surface area contributed by atoms with Gasteiger partial charge in [-0.15, -0.1) is 11.3 Å². The molecule has 3 aliphatic rings. The number of rotatable bonds is 6. The van der Waals surface area contributed by atoms with Crippen LogP contribution in [0.25, 0.3) is 81.1 Å². The van der Waals surface area contributed by atoms with Crippen LogP contribution in [0.2, 0.25) is 0 Å². The molecule has 9 aromatic carbocycles. The lowest BCUT2D eigenvalue weighted by molar-refractivity contribution is 0.653. The fraction of sp³-hybridized carbons (Fsp3) is 0.0794. The third-order valence-corrected chi connectivity index (χ3v) is 17.2. The van der Waals surface area contributed by atoms with E-state index in [9.17, 15) is 0 Å². The molecule has 0 bridgehead atoms. The van der Waals surface area contributed by atoms with Crippen molar-refractivity contribution >= 4 is 87.8 Å². The quantitative estimate of drug-likeness (QED) is 0.165. The molecule has 0 amide bonds. The Morgan fingerprint density at radius 2 is 1.12 bits per heavy atom. The lowest BCUT2D eigenvalue weighted by Gasteiger charge is -2.26. The van der Waals surface area contributed by atoms with Crippen molar-refractivity contribution in [1.82, 2.24) is 0 Å². The number of nitrogens with zero attached hydrogens (tertiary/aromatic N) is 1. The molecule has 318 valence electrons. The highest BCUT2D eigenvalue weighted by Crippen LogP contribution is 2.56. The second-order valence-electron chi connectivity index (χ2n) is 18.7. The lowest BCUT2D eigenvalue weighted by Crippen LogP contribution is -2.14. The summed E-state index contributed by atoms with van der Waals surface area (Å²) in [4.78, 5) is 5.24. The van der Waals surface area contributed by atoms with E-state index in [0.29, 0.717) is 5.92 Å². The standard InChI is InChI=1S/C63H43NOS2/c1-63(2)54-21-6-3-14-53(54)58-55(63)37-36-50-49-18-9-15-44(59(49)65-60(50)58)38-24-30-41(31-25-38)64(42-32-26-39(27-33-42)45-16-10-19-51-47-12-4-7-22-56(47)66-61(45)51)43-34-28-40(29-35-43)46-17-11-20-52-48-13-5-8-23-57(48)67-62(46)52/h3-19,21-37,52H,20H2,1-2H3. The predicted octanol–water partition coefficient (Wildman–Crippen LogP) is 18.6. The Kier molecular flexibility index (Phi) is 8.59. The van der Waals surface area contributed by atoms with Crippen molar-refractivity contribution in [1.29, 1.82) is 0 Å². The van der Waals surface area contributed by atoms with Crippen LogP contribution in [-0.2, 0) is 5.41 Å². The summed E-state index contributed by atoms with van der Waals surface area (Å²) in [7, 11) is 0. The van der Waals surface area contributed by atoms with E-state index < -0.39 is 0 Å². The molecule has 3 heterocycles. The molecule has 1 atom stereocenters. The molecule has 11 aromatic rings. The zero-order valence-electron chi connectivity index (χ0n) is 37.1. The molecular formula is C63H43NOS2. The molecule has 0 fully saturated rings. The highest BCUT2D eigenvalue weighted by atomic mass is 32.2. The van der Waals surface area contributed by atoms with Crippen molar-refractivity contribution in [2.75, 3.05) is 4.90 Å². The summed E-state index contributed by atoms with van der Waals surface area (Å²) in [6, 6.07) is 71.7. The third-order valence-electron chi connectivity index (χ3n) is 14.7. The second kappa shape index (κ2) is 14.8. The van der Waals surface area contributed by atoms with Gasteiger partial charge in [0.2, 0.25) is 0 Å². The first-order chi connectivity index (χ1) is 33.0. The monoisotopic (exact) mass is 893 g/mol. The second-order valence-corrected chi connectivity index (χ2v) is 20.8. The Bertz CT molecular complexity index is 3880. The van der Waals surface area contributed by atoms with Gasteiger partial charge in [-0.05, 0) is 105 Å². The Morgan fingerprint density at radius 1 is 0.507 bits per heavy atom. The highest BCUT2D eigenvalue weighted by Gasteiger charge is 2.37. The van der Waals surface area contributed by atoms with Crippen LogP contribution in [0.3, 0.4) is 0 Å². The van der Waals surface area contributed by atoms with E-state index >= 15 is 0 Å². The number of benzene rings is 9. The number of furan rings is 1. The molecule has 4 heteroatoms. The van der Waals surface area contributed by atoms with E-state index in [1.54, 1.807) is 0 Å². The van der Waals surface area contributed by atoms with Crippen molar-refractivity contribution in [2.24, 2.45) is 0 Å². The first-order valence-electron chi connectivity index (χ1n) is 23.3. The molecular weight excluding hydrogens is 851 g/mol. The van der Waals surface area contributed by atoms with Crippen LogP contribution < -0.4 is 4.90 Å². The van der Waals surface area contributed by atoms with Crippen molar-refractivity contribution in [3.63, 3.8) is 0 Å². The van der Waals surface area contributed by atoms with Crippen molar-refractivity contribution in [3.8, 4) is 33.4 Å². The summed E-state index contributed by atoms with van der Waals surface area (Å²) < 4.78 is 9.67. The molecule has 0 spiro atoms. The highest BCUT2D eigenvalue weighted by molar-refractivity contribution is 8.03. The summed E-state index contributed by atoms with van der Waals surface area (Å²) in [5.74, 6) is 0.433. The maximum absolute atomic E-state index is 7.02. The Labute approximate surface area is 398 Å². The van der Waals surface area contributed by atoms with Gasteiger partial charge < -0.3 is 9.32 Å². The number of allylic oxidation sites excluding steroid dienone is 4. The Balaban J connectivity index is 0.863. The summed E-state index contributed by atoms with van der Waals surface area (Å²) in [5, 5.41) is 4.94. The van der Waals surface area contributed by atoms with Crippen molar-refractivity contribution < 1.29 is 4.42 Å². The smallest absolute Gasteiger partial charge is 0.143 e. The van der Waals surface area contributed by atoms with Gasteiger partial charge in [0.25, 0.3) is 0 Å². The van der Waals surface area contributed by atoms with Crippen LogP contribution in [0, 0.1) is 0 Å². The minimum Gasteiger partial charge on any atom is -0.455 e. The van der Waals surface area contributed by atoms with Gasteiger partial charge >= 0.3 is 0 Å². The largest absolute Gasteiger partial charge is 0.455 e. The number of thiophene rings is 1. The molecule has 1 unspecified atom stereocenters. The number of anilines is 3. The molecule has 2 aromatic heterocycles. The van der Waals surface area contributed by atoms with E-state index in [0.717, 1.165) is 56.5 Å². The van der Waals surface area contributed by atoms with Crippen LogP contribution in [0.15, 0.2) is 220 Å². The molecule has 0 radical (unpaired) electrons. The van der Waals surface area contributed by atoms with Gasteiger partial charge in [-0.3, -0.25) is 0 Å². The summed E-state index contributed by atoms with van der Waals surface area (Å²) in [5.41, 5.74) is 19.0. The summed E-state index contributed by atoms with van der Waals surface area (Å²) in [6.45, 7) is 4.65. The normalized spacial score (nSPS) is 15.6. The van der Waals surface area contributed by atoms with Gasteiger partial charge in [0.05, 0.1) is 0 Å². The van der Waals surface area contributed by atoms with Gasteiger partial charge in [-0.1, -0.05) is 183 Å². The topological polar surface area (TPSA) is 16.4 Å². The average Bonchev–Trinajstić information content (AvgIpc) is 4.13. The lowest BCUT2D eigenvalue weighted by atomic mass is 9.82. The minimum atomic E-state index is -0.0904. The van der Waals surface area contributed by atoms with E-state index in [2.05, 4.69) is 225 Å². The van der Waals surface area contributed by atoms with Gasteiger partial charge in [-0.2, -0.15) is 0 Å². The van der Waals surface area contributed by atoms with Crippen molar-refractivity contribution in [2.45, 2.75) is 36.5 Å². The first kappa shape index (κ1) is 38.9. The summed E-state index contributed by atoms with van der Waals surface area (Å²) >= 11 is 3.82. The van der Waals surface area contributed by atoms with E-state index in [1.165, 1.54) is 80.1 Å². The van der Waals surface area contributed by atoms with Crippen molar-refractivity contribution in [3.05, 3.63) is 233 Å². The molecule has 0 N–H and O–H groups in total. The third kappa shape index (κ3) is 5.89.